The standard InChI is InChI=1S/C16H22N2O3/c17-10-12-3-5-13(6-4-12)16(19)18-7-9-21-15(11-18)14-2-1-8-20-14/h3-6,14-15H,1-2,7-11,17H2/t14-,15+/m0/s1. The van der Waals surface area contributed by atoms with Gasteiger partial charge in [-0.25, -0.2) is 0 Å². The monoisotopic (exact) mass is 290 g/mol. The normalized spacial score (nSPS) is 26.0. The van der Waals surface area contributed by atoms with Crippen molar-refractivity contribution in [2.24, 2.45) is 5.73 Å². The third-order valence-electron chi connectivity index (χ3n) is 4.20. The molecule has 2 aliphatic heterocycles. The van der Waals surface area contributed by atoms with Crippen LogP contribution in [0.5, 0.6) is 0 Å². The van der Waals surface area contributed by atoms with Crippen LogP contribution in [0.1, 0.15) is 28.8 Å². The van der Waals surface area contributed by atoms with Gasteiger partial charge < -0.3 is 20.1 Å². The molecule has 21 heavy (non-hydrogen) atoms. The minimum Gasteiger partial charge on any atom is -0.375 e. The molecule has 5 heteroatoms. The summed E-state index contributed by atoms with van der Waals surface area (Å²) >= 11 is 0. The van der Waals surface area contributed by atoms with E-state index in [9.17, 15) is 4.79 Å². The molecule has 1 aromatic carbocycles. The fourth-order valence-electron chi connectivity index (χ4n) is 2.95. The van der Waals surface area contributed by atoms with Gasteiger partial charge in [0.2, 0.25) is 0 Å². The van der Waals surface area contributed by atoms with Crippen LogP contribution in [-0.4, -0.2) is 49.3 Å². The van der Waals surface area contributed by atoms with Crippen LogP contribution >= 0.6 is 0 Å². The second kappa shape index (κ2) is 6.56. The van der Waals surface area contributed by atoms with Gasteiger partial charge in [-0.05, 0) is 30.5 Å². The van der Waals surface area contributed by atoms with Crippen LogP contribution in [0, 0.1) is 0 Å². The maximum atomic E-state index is 12.6. The Balaban J connectivity index is 1.65. The molecule has 2 N–H and O–H groups in total. The van der Waals surface area contributed by atoms with Crippen LogP contribution < -0.4 is 5.73 Å². The van der Waals surface area contributed by atoms with Crippen molar-refractivity contribution in [3.05, 3.63) is 35.4 Å². The molecule has 2 saturated heterocycles. The Bertz CT molecular complexity index is 483. The summed E-state index contributed by atoms with van der Waals surface area (Å²) < 4.78 is 11.5. The van der Waals surface area contributed by atoms with Gasteiger partial charge in [-0.15, -0.1) is 0 Å². The molecule has 2 fully saturated rings. The summed E-state index contributed by atoms with van der Waals surface area (Å²) in [6, 6.07) is 7.51. The van der Waals surface area contributed by atoms with Crippen LogP contribution in [0.3, 0.4) is 0 Å². The molecule has 5 nitrogen and oxygen atoms in total. The van der Waals surface area contributed by atoms with Crippen LogP contribution in [0.15, 0.2) is 24.3 Å². The molecular weight excluding hydrogens is 268 g/mol. The van der Waals surface area contributed by atoms with Gasteiger partial charge in [0.25, 0.3) is 5.91 Å². The Hall–Kier alpha value is -1.43. The first-order chi connectivity index (χ1) is 10.3. The number of morpholine rings is 1. The molecule has 0 bridgehead atoms. The lowest BCUT2D eigenvalue weighted by Crippen LogP contribution is -2.49. The van der Waals surface area contributed by atoms with E-state index in [0.717, 1.165) is 25.0 Å². The maximum Gasteiger partial charge on any atom is 0.254 e. The van der Waals surface area contributed by atoms with E-state index in [-0.39, 0.29) is 18.1 Å². The third kappa shape index (κ3) is 3.26. The van der Waals surface area contributed by atoms with E-state index >= 15 is 0 Å². The average molecular weight is 290 g/mol. The molecule has 2 heterocycles. The summed E-state index contributed by atoms with van der Waals surface area (Å²) in [7, 11) is 0. The minimum absolute atomic E-state index is 0.00788. The predicted octanol–water partition coefficient (Wildman–Crippen LogP) is 1.17. The molecule has 0 radical (unpaired) electrons. The Morgan fingerprint density at radius 1 is 1.19 bits per heavy atom. The van der Waals surface area contributed by atoms with Crippen molar-refractivity contribution in [3.63, 3.8) is 0 Å². The van der Waals surface area contributed by atoms with Crippen molar-refractivity contribution >= 4 is 5.91 Å². The number of carbonyl (C=O) groups excluding carboxylic acids is 1. The number of carbonyl (C=O) groups is 1. The fraction of sp³-hybridized carbons (Fsp3) is 0.562. The summed E-state index contributed by atoms with van der Waals surface area (Å²) in [6.07, 6.45) is 2.26. The molecule has 0 unspecified atom stereocenters. The molecule has 0 aromatic heterocycles. The van der Waals surface area contributed by atoms with Crippen LogP contribution in [0.4, 0.5) is 0 Å². The van der Waals surface area contributed by atoms with Gasteiger partial charge in [0.05, 0.1) is 12.7 Å². The molecule has 1 amide bonds. The zero-order valence-electron chi connectivity index (χ0n) is 12.2. The molecule has 2 aliphatic rings. The van der Waals surface area contributed by atoms with Crippen molar-refractivity contribution in [1.82, 2.24) is 4.90 Å². The number of amides is 1. The first kappa shape index (κ1) is 14.5. The number of hydrogen-bond donors (Lipinski definition) is 1. The third-order valence-corrected chi connectivity index (χ3v) is 4.20. The largest absolute Gasteiger partial charge is 0.375 e. The van der Waals surface area contributed by atoms with E-state index < -0.39 is 0 Å². The van der Waals surface area contributed by atoms with Gasteiger partial charge in [-0.1, -0.05) is 12.1 Å². The molecule has 0 saturated carbocycles. The van der Waals surface area contributed by atoms with Crippen LogP contribution in [0.25, 0.3) is 0 Å². The summed E-state index contributed by atoms with van der Waals surface area (Å²) in [5.74, 6) is 0.0601. The van der Waals surface area contributed by atoms with Gasteiger partial charge in [-0.3, -0.25) is 4.79 Å². The van der Waals surface area contributed by atoms with Crippen molar-refractivity contribution in [1.29, 1.82) is 0 Å². The van der Waals surface area contributed by atoms with E-state index in [4.69, 9.17) is 15.2 Å². The van der Waals surface area contributed by atoms with Gasteiger partial charge >= 0.3 is 0 Å². The summed E-state index contributed by atoms with van der Waals surface area (Å²) in [5, 5.41) is 0. The molecule has 0 aliphatic carbocycles. The Kier molecular flexibility index (Phi) is 4.53. The van der Waals surface area contributed by atoms with Crippen molar-refractivity contribution in [2.75, 3.05) is 26.3 Å². The smallest absolute Gasteiger partial charge is 0.254 e. The lowest BCUT2D eigenvalue weighted by Gasteiger charge is -2.35. The molecule has 0 spiro atoms. The lowest BCUT2D eigenvalue weighted by molar-refractivity contribution is -0.0867. The molecule has 1 aromatic rings. The second-order valence-corrected chi connectivity index (χ2v) is 5.61. The Morgan fingerprint density at radius 3 is 2.62 bits per heavy atom. The highest BCUT2D eigenvalue weighted by molar-refractivity contribution is 5.94. The van der Waals surface area contributed by atoms with Crippen LogP contribution in [0.2, 0.25) is 0 Å². The van der Waals surface area contributed by atoms with E-state index in [0.29, 0.717) is 31.8 Å². The molecule has 2 atom stereocenters. The molecule has 114 valence electrons. The SMILES string of the molecule is NCc1ccc(C(=O)N2CCO[C@@H]([C@@H]3CCCO3)C2)cc1. The van der Waals surface area contributed by atoms with Crippen LogP contribution in [-0.2, 0) is 16.0 Å². The predicted molar refractivity (Wildman–Crippen MR) is 79.0 cm³/mol. The quantitative estimate of drug-likeness (QED) is 0.907. The number of ether oxygens (including phenoxy) is 2. The van der Waals surface area contributed by atoms with Crippen molar-refractivity contribution in [3.8, 4) is 0 Å². The minimum atomic E-state index is 0.00788. The highest BCUT2D eigenvalue weighted by Gasteiger charge is 2.33. The highest BCUT2D eigenvalue weighted by Crippen LogP contribution is 2.22. The molecule has 3 rings (SSSR count). The fourth-order valence-corrected chi connectivity index (χ4v) is 2.95. The Labute approximate surface area is 125 Å². The van der Waals surface area contributed by atoms with Crippen molar-refractivity contribution < 1.29 is 14.3 Å². The second-order valence-electron chi connectivity index (χ2n) is 5.61. The first-order valence-electron chi connectivity index (χ1n) is 7.59. The summed E-state index contributed by atoms with van der Waals surface area (Å²) in [4.78, 5) is 14.4. The number of benzene rings is 1. The van der Waals surface area contributed by atoms with E-state index in [1.54, 1.807) is 0 Å². The maximum absolute atomic E-state index is 12.6. The number of rotatable bonds is 3. The lowest BCUT2D eigenvalue weighted by atomic mass is 10.1. The van der Waals surface area contributed by atoms with Gasteiger partial charge in [0, 0.05) is 31.8 Å². The first-order valence-corrected chi connectivity index (χ1v) is 7.59. The van der Waals surface area contributed by atoms with E-state index in [2.05, 4.69) is 0 Å². The number of nitrogens with zero attached hydrogens (tertiary/aromatic N) is 1. The number of nitrogens with two attached hydrogens (primary N) is 1. The van der Waals surface area contributed by atoms with Crippen molar-refractivity contribution in [2.45, 2.75) is 31.6 Å². The van der Waals surface area contributed by atoms with Gasteiger partial charge in [0.15, 0.2) is 0 Å². The average Bonchev–Trinajstić information content (AvgIpc) is 3.09. The summed E-state index contributed by atoms with van der Waals surface area (Å²) in [5.41, 5.74) is 7.32. The van der Waals surface area contributed by atoms with Gasteiger partial charge in [-0.2, -0.15) is 0 Å². The summed E-state index contributed by atoms with van der Waals surface area (Å²) in [6.45, 7) is 3.13. The molecular formula is C16H22N2O3. The highest BCUT2D eigenvalue weighted by atomic mass is 16.5. The van der Waals surface area contributed by atoms with Gasteiger partial charge in [0.1, 0.15) is 6.10 Å². The zero-order valence-corrected chi connectivity index (χ0v) is 12.2. The van der Waals surface area contributed by atoms with E-state index in [1.165, 1.54) is 0 Å². The Morgan fingerprint density at radius 2 is 1.95 bits per heavy atom. The zero-order chi connectivity index (χ0) is 14.7. The number of hydrogen-bond acceptors (Lipinski definition) is 4. The topological polar surface area (TPSA) is 64.8 Å². The van der Waals surface area contributed by atoms with E-state index in [1.807, 2.05) is 29.2 Å².